The van der Waals surface area contributed by atoms with Crippen LogP contribution in [0.4, 0.5) is 4.39 Å². The number of halogens is 1. The van der Waals surface area contributed by atoms with Crippen molar-refractivity contribution < 1.29 is 4.39 Å². The molecule has 0 spiro atoms. The molecule has 0 aromatic heterocycles. The van der Waals surface area contributed by atoms with Gasteiger partial charge in [-0.05, 0) is 29.4 Å². The largest absolute Gasteiger partial charge is 0.329 e. The van der Waals surface area contributed by atoms with Gasteiger partial charge in [-0.15, -0.1) is 0 Å². The average Bonchev–Trinajstić information content (AvgIpc) is 2.18. The van der Waals surface area contributed by atoms with Crippen LogP contribution in [-0.2, 0) is 0 Å². The van der Waals surface area contributed by atoms with Gasteiger partial charge in [0.2, 0.25) is 0 Å². The maximum atomic E-state index is 13.0. The van der Waals surface area contributed by atoms with Crippen LogP contribution in [0.25, 0.3) is 0 Å². The molecule has 0 aliphatic heterocycles. The van der Waals surface area contributed by atoms with Gasteiger partial charge in [0.15, 0.2) is 0 Å². The van der Waals surface area contributed by atoms with Gasteiger partial charge >= 0.3 is 0 Å². The molecule has 2 N–H and O–H groups in total. The van der Waals surface area contributed by atoms with Gasteiger partial charge in [-0.2, -0.15) is 11.8 Å². The lowest BCUT2D eigenvalue weighted by atomic mass is 10.1. The summed E-state index contributed by atoms with van der Waals surface area (Å²) in [5, 5.41) is 0.211. The highest BCUT2D eigenvalue weighted by Crippen LogP contribution is 2.29. The molecule has 1 aromatic rings. The van der Waals surface area contributed by atoms with E-state index in [1.807, 2.05) is 6.07 Å². The number of hydrogen-bond acceptors (Lipinski definition) is 2. The maximum Gasteiger partial charge on any atom is 0.123 e. The van der Waals surface area contributed by atoms with Crippen LogP contribution < -0.4 is 5.73 Å². The molecule has 1 aromatic carbocycles. The second-order valence-corrected chi connectivity index (χ2v) is 5.24. The molecule has 0 fully saturated rings. The Balaban J connectivity index is 2.65. The normalized spacial score (nSPS) is 13.1. The predicted molar refractivity (Wildman–Crippen MR) is 65.5 cm³/mol. The first kappa shape index (κ1) is 12.5. The first-order chi connectivity index (χ1) is 7.13. The first-order valence-corrected chi connectivity index (χ1v) is 6.25. The van der Waals surface area contributed by atoms with Gasteiger partial charge in [0.25, 0.3) is 0 Å². The van der Waals surface area contributed by atoms with Crippen LogP contribution in [0.5, 0.6) is 0 Å². The second kappa shape index (κ2) is 6.13. The highest BCUT2D eigenvalue weighted by atomic mass is 32.2. The topological polar surface area (TPSA) is 26.0 Å². The summed E-state index contributed by atoms with van der Waals surface area (Å²) in [5.41, 5.74) is 6.69. The smallest absolute Gasteiger partial charge is 0.123 e. The molecular weight excluding hydrogens is 209 g/mol. The Morgan fingerprint density at radius 1 is 1.40 bits per heavy atom. The molecule has 0 bridgehead atoms. The zero-order chi connectivity index (χ0) is 11.3. The van der Waals surface area contributed by atoms with Gasteiger partial charge in [-0.1, -0.05) is 26.0 Å². The SMILES string of the molecule is CC(C)CSC(CN)c1cccc(F)c1. The number of rotatable bonds is 5. The minimum absolute atomic E-state index is 0.184. The van der Waals surface area contributed by atoms with Crippen LogP contribution in [0, 0.1) is 11.7 Å². The van der Waals surface area contributed by atoms with E-state index < -0.39 is 0 Å². The van der Waals surface area contributed by atoms with Crippen molar-refractivity contribution in [1.29, 1.82) is 0 Å². The predicted octanol–water partition coefficient (Wildman–Crippen LogP) is 3.21. The maximum absolute atomic E-state index is 13.0. The Bertz CT molecular complexity index is 301. The summed E-state index contributed by atoms with van der Waals surface area (Å²) < 4.78 is 13.0. The number of nitrogens with two attached hydrogens (primary N) is 1. The number of hydrogen-bond donors (Lipinski definition) is 1. The summed E-state index contributed by atoms with van der Waals surface area (Å²) in [4.78, 5) is 0. The zero-order valence-corrected chi connectivity index (χ0v) is 10.1. The Morgan fingerprint density at radius 3 is 2.67 bits per heavy atom. The van der Waals surface area contributed by atoms with E-state index in [1.54, 1.807) is 23.9 Å². The molecular formula is C12H18FNS. The third-order valence-corrected chi connectivity index (χ3v) is 3.79. The summed E-state index contributed by atoms with van der Waals surface area (Å²) >= 11 is 1.80. The van der Waals surface area contributed by atoms with Crippen molar-refractivity contribution in [3.8, 4) is 0 Å². The van der Waals surface area contributed by atoms with Gasteiger partial charge in [-0.25, -0.2) is 4.39 Å². The molecule has 1 atom stereocenters. The molecule has 1 nitrogen and oxygen atoms in total. The van der Waals surface area contributed by atoms with E-state index in [-0.39, 0.29) is 11.1 Å². The molecule has 0 saturated heterocycles. The lowest BCUT2D eigenvalue weighted by Crippen LogP contribution is -2.11. The van der Waals surface area contributed by atoms with Crippen molar-refractivity contribution in [2.24, 2.45) is 11.7 Å². The van der Waals surface area contributed by atoms with E-state index in [0.717, 1.165) is 11.3 Å². The molecule has 84 valence electrons. The van der Waals surface area contributed by atoms with Crippen LogP contribution in [-0.4, -0.2) is 12.3 Å². The molecule has 3 heteroatoms. The molecule has 1 unspecified atom stereocenters. The minimum atomic E-state index is -0.184. The van der Waals surface area contributed by atoms with E-state index in [0.29, 0.717) is 12.5 Å². The monoisotopic (exact) mass is 227 g/mol. The first-order valence-electron chi connectivity index (χ1n) is 5.20. The van der Waals surface area contributed by atoms with Crippen molar-refractivity contribution in [2.75, 3.05) is 12.3 Å². The summed E-state index contributed by atoms with van der Waals surface area (Å²) in [6.07, 6.45) is 0. The van der Waals surface area contributed by atoms with Gasteiger partial charge in [0.1, 0.15) is 5.82 Å². The Hall–Kier alpha value is -0.540. The second-order valence-electron chi connectivity index (χ2n) is 4.01. The Labute approximate surface area is 95.2 Å². The molecule has 0 heterocycles. The zero-order valence-electron chi connectivity index (χ0n) is 9.24. The third-order valence-electron chi connectivity index (χ3n) is 2.07. The van der Waals surface area contributed by atoms with Crippen molar-refractivity contribution in [3.63, 3.8) is 0 Å². The van der Waals surface area contributed by atoms with Crippen LogP contribution in [0.1, 0.15) is 24.7 Å². The lowest BCUT2D eigenvalue weighted by molar-refractivity contribution is 0.625. The summed E-state index contributed by atoms with van der Waals surface area (Å²) in [6, 6.07) is 6.71. The standard InChI is InChI=1S/C12H18FNS/c1-9(2)8-15-12(7-14)10-4-3-5-11(13)6-10/h3-6,9,12H,7-8,14H2,1-2H3. The number of benzene rings is 1. The third kappa shape index (κ3) is 4.22. The van der Waals surface area contributed by atoms with Crippen LogP contribution in [0.3, 0.4) is 0 Å². The van der Waals surface area contributed by atoms with Crippen LogP contribution in [0.15, 0.2) is 24.3 Å². The highest BCUT2D eigenvalue weighted by molar-refractivity contribution is 7.99. The van der Waals surface area contributed by atoms with E-state index in [9.17, 15) is 4.39 Å². The van der Waals surface area contributed by atoms with Crippen molar-refractivity contribution >= 4 is 11.8 Å². The molecule has 15 heavy (non-hydrogen) atoms. The minimum Gasteiger partial charge on any atom is -0.329 e. The van der Waals surface area contributed by atoms with Gasteiger partial charge in [-0.3, -0.25) is 0 Å². The molecule has 0 aliphatic rings. The molecule has 0 amide bonds. The highest BCUT2D eigenvalue weighted by Gasteiger charge is 2.11. The average molecular weight is 227 g/mol. The Kier molecular flexibility index (Phi) is 5.12. The fourth-order valence-electron chi connectivity index (χ4n) is 1.32. The van der Waals surface area contributed by atoms with E-state index in [1.165, 1.54) is 6.07 Å². The van der Waals surface area contributed by atoms with Crippen LogP contribution in [0.2, 0.25) is 0 Å². The summed E-state index contributed by atoms with van der Waals surface area (Å²) in [7, 11) is 0. The lowest BCUT2D eigenvalue weighted by Gasteiger charge is -2.16. The quantitative estimate of drug-likeness (QED) is 0.836. The van der Waals surface area contributed by atoms with Crippen molar-refractivity contribution in [1.82, 2.24) is 0 Å². The Morgan fingerprint density at radius 2 is 2.13 bits per heavy atom. The summed E-state index contributed by atoms with van der Waals surface area (Å²) in [6.45, 7) is 4.90. The summed E-state index contributed by atoms with van der Waals surface area (Å²) in [5.74, 6) is 1.51. The molecule has 0 radical (unpaired) electrons. The van der Waals surface area contributed by atoms with E-state index >= 15 is 0 Å². The van der Waals surface area contributed by atoms with Gasteiger partial charge in [0, 0.05) is 11.8 Å². The van der Waals surface area contributed by atoms with E-state index in [4.69, 9.17) is 5.73 Å². The van der Waals surface area contributed by atoms with Gasteiger partial charge in [0.05, 0.1) is 0 Å². The fraction of sp³-hybridized carbons (Fsp3) is 0.500. The number of thioether (sulfide) groups is 1. The van der Waals surface area contributed by atoms with Gasteiger partial charge < -0.3 is 5.73 Å². The van der Waals surface area contributed by atoms with E-state index in [2.05, 4.69) is 13.8 Å². The van der Waals surface area contributed by atoms with Crippen LogP contribution >= 0.6 is 11.8 Å². The van der Waals surface area contributed by atoms with Crippen molar-refractivity contribution in [2.45, 2.75) is 19.1 Å². The fourth-order valence-corrected chi connectivity index (χ4v) is 2.41. The molecule has 0 aliphatic carbocycles. The molecule has 0 saturated carbocycles. The van der Waals surface area contributed by atoms with Crippen molar-refractivity contribution in [3.05, 3.63) is 35.6 Å². The molecule has 1 rings (SSSR count).